The average Bonchev–Trinajstić information content (AvgIpc) is 2.75. The van der Waals surface area contributed by atoms with Crippen LogP contribution in [0.15, 0.2) is 109 Å². The molecule has 0 spiro atoms. The SMILES string of the molecule is Cc1cc(F)ccc1N[P+](c1ccccc1)(c1ccccc1)c1ccccc1. The van der Waals surface area contributed by atoms with E-state index in [4.69, 9.17) is 0 Å². The van der Waals surface area contributed by atoms with Gasteiger partial charge in [0.25, 0.3) is 0 Å². The van der Waals surface area contributed by atoms with Gasteiger partial charge in [0.1, 0.15) is 21.7 Å². The molecular formula is C25H22FNP+. The van der Waals surface area contributed by atoms with Gasteiger partial charge in [-0.05, 0) is 67.1 Å². The van der Waals surface area contributed by atoms with E-state index in [0.29, 0.717) is 0 Å². The Morgan fingerprint density at radius 1 is 0.607 bits per heavy atom. The van der Waals surface area contributed by atoms with Gasteiger partial charge in [0, 0.05) is 0 Å². The molecule has 0 heterocycles. The first-order valence-corrected chi connectivity index (χ1v) is 11.1. The number of anilines is 1. The molecule has 0 aliphatic carbocycles. The van der Waals surface area contributed by atoms with Crippen molar-refractivity contribution in [3.63, 3.8) is 0 Å². The minimum absolute atomic E-state index is 0.217. The Morgan fingerprint density at radius 3 is 1.43 bits per heavy atom. The number of halogens is 1. The third kappa shape index (κ3) is 3.44. The molecule has 28 heavy (non-hydrogen) atoms. The molecule has 0 bridgehead atoms. The van der Waals surface area contributed by atoms with Crippen LogP contribution < -0.4 is 21.0 Å². The molecule has 4 aromatic carbocycles. The summed E-state index contributed by atoms with van der Waals surface area (Å²) < 4.78 is 13.7. The van der Waals surface area contributed by atoms with Crippen LogP contribution in [0.5, 0.6) is 0 Å². The van der Waals surface area contributed by atoms with E-state index in [1.165, 1.54) is 22.0 Å². The van der Waals surface area contributed by atoms with Gasteiger partial charge in [-0.2, -0.15) is 0 Å². The maximum atomic E-state index is 13.7. The van der Waals surface area contributed by atoms with Gasteiger partial charge in [0.05, 0.1) is 5.69 Å². The number of hydrogen-bond donors (Lipinski definition) is 1. The van der Waals surface area contributed by atoms with E-state index in [1.807, 2.05) is 31.2 Å². The molecule has 0 saturated heterocycles. The van der Waals surface area contributed by atoms with E-state index in [9.17, 15) is 4.39 Å². The van der Waals surface area contributed by atoms with Gasteiger partial charge in [-0.15, -0.1) is 0 Å². The summed E-state index contributed by atoms with van der Waals surface area (Å²) in [5, 5.41) is 7.58. The standard InChI is InChI=1S/C25H22FNP/c1-20-19-21(26)17-18-25(20)27-28(22-11-5-2-6-12-22,23-13-7-3-8-14-23)24-15-9-4-10-16-24/h2-19,27H,1H3/q+1. The van der Waals surface area contributed by atoms with Crippen LogP contribution in [0.3, 0.4) is 0 Å². The molecular weight excluding hydrogens is 364 g/mol. The molecule has 0 aromatic heterocycles. The predicted octanol–water partition coefficient (Wildman–Crippen LogP) is 5.46. The lowest BCUT2D eigenvalue weighted by Gasteiger charge is -2.29. The molecule has 1 nitrogen and oxygen atoms in total. The van der Waals surface area contributed by atoms with Gasteiger partial charge in [0.15, 0.2) is 7.41 Å². The van der Waals surface area contributed by atoms with Crippen LogP contribution in [0.25, 0.3) is 0 Å². The van der Waals surface area contributed by atoms with Crippen LogP contribution in [0.4, 0.5) is 10.1 Å². The van der Waals surface area contributed by atoms with E-state index < -0.39 is 7.41 Å². The van der Waals surface area contributed by atoms with Crippen molar-refractivity contribution in [2.24, 2.45) is 0 Å². The van der Waals surface area contributed by atoms with E-state index in [0.717, 1.165) is 11.3 Å². The smallest absolute Gasteiger partial charge is 0.199 e. The fourth-order valence-electron chi connectivity index (χ4n) is 3.53. The first kappa shape index (κ1) is 18.4. The highest BCUT2D eigenvalue weighted by molar-refractivity contribution is 7.96. The summed E-state index contributed by atoms with van der Waals surface area (Å²) >= 11 is 0. The van der Waals surface area contributed by atoms with Gasteiger partial charge >= 0.3 is 0 Å². The predicted molar refractivity (Wildman–Crippen MR) is 120 cm³/mol. The molecule has 0 radical (unpaired) electrons. The third-order valence-electron chi connectivity index (χ3n) is 4.91. The lowest BCUT2D eigenvalue weighted by Crippen LogP contribution is -2.36. The minimum atomic E-state index is -2.19. The van der Waals surface area contributed by atoms with Crippen LogP contribution in [0.2, 0.25) is 0 Å². The van der Waals surface area contributed by atoms with Crippen LogP contribution in [-0.4, -0.2) is 0 Å². The molecule has 3 heteroatoms. The van der Waals surface area contributed by atoms with Gasteiger partial charge in [-0.3, -0.25) is 0 Å². The summed E-state index contributed by atoms with van der Waals surface area (Å²) in [7, 11) is -2.19. The molecule has 4 rings (SSSR count). The van der Waals surface area contributed by atoms with Crippen molar-refractivity contribution in [3.05, 3.63) is 121 Å². The Balaban J connectivity index is 2.01. The second-order valence-corrected chi connectivity index (χ2v) is 9.86. The number of aryl methyl sites for hydroxylation is 1. The van der Waals surface area contributed by atoms with E-state index >= 15 is 0 Å². The maximum absolute atomic E-state index is 13.7. The first-order valence-electron chi connectivity index (χ1n) is 9.30. The zero-order valence-electron chi connectivity index (χ0n) is 15.7. The second-order valence-electron chi connectivity index (χ2n) is 6.75. The van der Waals surface area contributed by atoms with Crippen LogP contribution in [0.1, 0.15) is 5.56 Å². The zero-order valence-corrected chi connectivity index (χ0v) is 16.6. The lowest BCUT2D eigenvalue weighted by molar-refractivity contribution is 0.627. The lowest BCUT2D eigenvalue weighted by atomic mass is 10.2. The number of nitrogens with one attached hydrogen (secondary N) is 1. The summed E-state index contributed by atoms with van der Waals surface area (Å²) in [6.45, 7) is 1.95. The van der Waals surface area contributed by atoms with Gasteiger partial charge in [0.2, 0.25) is 0 Å². The topological polar surface area (TPSA) is 12.0 Å². The summed E-state index contributed by atoms with van der Waals surface area (Å²) in [4.78, 5) is 0. The number of rotatable bonds is 5. The Hall–Kier alpha value is -2.96. The van der Waals surface area contributed by atoms with Crippen LogP contribution >= 0.6 is 7.41 Å². The molecule has 0 amide bonds. The second kappa shape index (κ2) is 7.96. The summed E-state index contributed by atoms with van der Waals surface area (Å²) in [6.07, 6.45) is 0. The van der Waals surface area contributed by atoms with E-state index in [2.05, 4.69) is 77.9 Å². The van der Waals surface area contributed by atoms with Crippen LogP contribution in [0, 0.1) is 12.7 Å². The van der Waals surface area contributed by atoms with Crippen molar-refractivity contribution in [1.29, 1.82) is 0 Å². The van der Waals surface area contributed by atoms with Gasteiger partial charge in [-0.1, -0.05) is 54.6 Å². The molecule has 4 aromatic rings. The largest absolute Gasteiger partial charge is 0.246 e. The normalized spacial score (nSPS) is 11.2. The molecule has 0 fully saturated rings. The van der Waals surface area contributed by atoms with Crippen molar-refractivity contribution >= 4 is 29.0 Å². The maximum Gasteiger partial charge on any atom is 0.199 e. The molecule has 0 atom stereocenters. The van der Waals surface area contributed by atoms with Crippen molar-refractivity contribution in [1.82, 2.24) is 0 Å². The summed E-state index contributed by atoms with van der Waals surface area (Å²) in [6, 6.07) is 36.6. The molecule has 0 unspecified atom stereocenters. The highest BCUT2D eigenvalue weighted by atomic mass is 31.2. The average molecular weight is 386 g/mol. The Morgan fingerprint density at radius 2 is 1.04 bits per heavy atom. The van der Waals surface area contributed by atoms with Crippen molar-refractivity contribution in [3.8, 4) is 0 Å². The number of benzene rings is 4. The van der Waals surface area contributed by atoms with E-state index in [1.54, 1.807) is 6.07 Å². The fourth-order valence-corrected chi connectivity index (χ4v) is 7.28. The van der Waals surface area contributed by atoms with Crippen LogP contribution in [-0.2, 0) is 0 Å². The first-order chi connectivity index (χ1) is 13.7. The summed E-state index contributed by atoms with van der Waals surface area (Å²) in [5.41, 5.74) is 1.85. The minimum Gasteiger partial charge on any atom is -0.246 e. The van der Waals surface area contributed by atoms with Crippen molar-refractivity contribution in [2.75, 3.05) is 5.09 Å². The zero-order chi connectivity index (χ0) is 19.4. The Bertz CT molecular complexity index is 953. The van der Waals surface area contributed by atoms with Gasteiger partial charge < -0.3 is 0 Å². The van der Waals surface area contributed by atoms with E-state index in [-0.39, 0.29) is 5.82 Å². The fraction of sp³-hybridized carbons (Fsp3) is 0.0400. The Labute approximate surface area is 166 Å². The monoisotopic (exact) mass is 386 g/mol. The van der Waals surface area contributed by atoms with Crippen molar-refractivity contribution in [2.45, 2.75) is 6.92 Å². The van der Waals surface area contributed by atoms with Crippen molar-refractivity contribution < 1.29 is 4.39 Å². The highest BCUT2D eigenvalue weighted by Crippen LogP contribution is 2.55. The number of hydrogen-bond acceptors (Lipinski definition) is 1. The Kier molecular flexibility index (Phi) is 5.23. The molecule has 0 aliphatic heterocycles. The quantitative estimate of drug-likeness (QED) is 0.450. The highest BCUT2D eigenvalue weighted by Gasteiger charge is 2.46. The summed E-state index contributed by atoms with van der Waals surface area (Å²) in [5.74, 6) is -0.217. The third-order valence-corrected chi connectivity index (χ3v) is 8.70. The molecule has 0 aliphatic rings. The van der Waals surface area contributed by atoms with Gasteiger partial charge in [-0.25, -0.2) is 9.48 Å². The molecule has 1 N–H and O–H groups in total. The molecule has 138 valence electrons. The molecule has 0 saturated carbocycles.